The summed E-state index contributed by atoms with van der Waals surface area (Å²) in [7, 11) is -0.386. The third-order valence-corrected chi connectivity index (χ3v) is 5.70. The van der Waals surface area contributed by atoms with Crippen LogP contribution >= 0.6 is 0 Å². The van der Waals surface area contributed by atoms with Crippen LogP contribution in [-0.2, 0) is 10.0 Å². The van der Waals surface area contributed by atoms with Crippen LogP contribution in [0.25, 0.3) is 0 Å². The van der Waals surface area contributed by atoms with Crippen molar-refractivity contribution in [3.05, 3.63) is 18.2 Å². The third-order valence-electron chi connectivity index (χ3n) is 3.89. The number of hydrogen-bond acceptors (Lipinski definition) is 4. The first-order chi connectivity index (χ1) is 9.34. The average molecular weight is 297 g/mol. The molecule has 2 rings (SSSR count). The molecule has 6 heteroatoms. The maximum atomic E-state index is 12.1. The molecule has 112 valence electrons. The minimum absolute atomic E-state index is 0.244. The van der Waals surface area contributed by atoms with E-state index in [9.17, 15) is 8.42 Å². The lowest BCUT2D eigenvalue weighted by Gasteiger charge is -2.36. The lowest BCUT2D eigenvalue weighted by Crippen LogP contribution is -2.37. The van der Waals surface area contributed by atoms with Gasteiger partial charge in [-0.25, -0.2) is 12.7 Å². The number of sulfonamides is 1. The number of anilines is 2. The molecule has 0 amide bonds. The SMILES string of the molecule is CC1CCCCN1c1ccc(S(=O)(=O)N(C)C)cc1N. The van der Waals surface area contributed by atoms with Gasteiger partial charge in [0.05, 0.1) is 16.3 Å². The van der Waals surface area contributed by atoms with E-state index in [2.05, 4.69) is 11.8 Å². The van der Waals surface area contributed by atoms with Crippen LogP contribution < -0.4 is 10.6 Å². The molecule has 1 aliphatic rings. The lowest BCUT2D eigenvalue weighted by atomic mass is 10.0. The Bertz CT molecular complexity index is 584. The molecule has 1 unspecified atom stereocenters. The number of hydrogen-bond donors (Lipinski definition) is 1. The highest BCUT2D eigenvalue weighted by Gasteiger charge is 2.23. The van der Waals surface area contributed by atoms with Crippen LogP contribution in [0.15, 0.2) is 23.1 Å². The minimum atomic E-state index is -3.43. The smallest absolute Gasteiger partial charge is 0.242 e. The molecule has 5 nitrogen and oxygen atoms in total. The van der Waals surface area contributed by atoms with Crippen molar-refractivity contribution >= 4 is 21.4 Å². The van der Waals surface area contributed by atoms with E-state index >= 15 is 0 Å². The van der Waals surface area contributed by atoms with Gasteiger partial charge in [0.1, 0.15) is 0 Å². The summed E-state index contributed by atoms with van der Waals surface area (Å²) in [6.07, 6.45) is 3.55. The van der Waals surface area contributed by atoms with Gasteiger partial charge in [-0.3, -0.25) is 0 Å². The molecule has 1 atom stereocenters. The van der Waals surface area contributed by atoms with Gasteiger partial charge in [0, 0.05) is 26.7 Å². The molecule has 1 aromatic rings. The van der Waals surface area contributed by atoms with E-state index in [4.69, 9.17) is 5.73 Å². The van der Waals surface area contributed by atoms with Crippen molar-refractivity contribution < 1.29 is 8.42 Å². The molecular weight excluding hydrogens is 274 g/mol. The Morgan fingerprint density at radius 3 is 2.55 bits per heavy atom. The molecule has 0 aromatic heterocycles. The van der Waals surface area contributed by atoms with Gasteiger partial charge in [-0.2, -0.15) is 0 Å². The Morgan fingerprint density at radius 1 is 1.30 bits per heavy atom. The van der Waals surface area contributed by atoms with Gasteiger partial charge in [0.2, 0.25) is 10.0 Å². The molecule has 20 heavy (non-hydrogen) atoms. The van der Waals surface area contributed by atoms with E-state index in [1.165, 1.54) is 24.8 Å². The molecule has 1 aliphatic heterocycles. The number of benzene rings is 1. The van der Waals surface area contributed by atoms with Gasteiger partial charge < -0.3 is 10.6 Å². The summed E-state index contributed by atoms with van der Waals surface area (Å²) in [5, 5.41) is 0. The van der Waals surface area contributed by atoms with E-state index < -0.39 is 10.0 Å². The summed E-state index contributed by atoms with van der Waals surface area (Å²) in [5.41, 5.74) is 7.56. The number of rotatable bonds is 3. The van der Waals surface area contributed by atoms with Crippen LogP contribution in [0, 0.1) is 0 Å². The monoisotopic (exact) mass is 297 g/mol. The van der Waals surface area contributed by atoms with Crippen molar-refractivity contribution in [1.29, 1.82) is 0 Å². The van der Waals surface area contributed by atoms with Gasteiger partial charge in [-0.05, 0) is 44.4 Å². The quantitative estimate of drug-likeness (QED) is 0.865. The van der Waals surface area contributed by atoms with Crippen LogP contribution in [0.3, 0.4) is 0 Å². The minimum Gasteiger partial charge on any atom is -0.397 e. The Morgan fingerprint density at radius 2 is 2.00 bits per heavy atom. The fourth-order valence-electron chi connectivity index (χ4n) is 2.62. The molecule has 1 saturated heterocycles. The zero-order valence-corrected chi connectivity index (χ0v) is 13.2. The summed E-state index contributed by atoms with van der Waals surface area (Å²) >= 11 is 0. The van der Waals surface area contributed by atoms with Crippen molar-refractivity contribution in [3.8, 4) is 0 Å². The Balaban J connectivity index is 2.35. The van der Waals surface area contributed by atoms with Crippen molar-refractivity contribution in [2.24, 2.45) is 0 Å². The second kappa shape index (κ2) is 5.61. The predicted molar refractivity (Wildman–Crippen MR) is 82.4 cm³/mol. The topological polar surface area (TPSA) is 66.6 Å². The van der Waals surface area contributed by atoms with Crippen molar-refractivity contribution in [2.45, 2.75) is 37.1 Å². The molecule has 0 spiro atoms. The van der Waals surface area contributed by atoms with Gasteiger partial charge in [0.25, 0.3) is 0 Å². The number of nitrogen functional groups attached to an aromatic ring is 1. The van der Waals surface area contributed by atoms with Crippen molar-refractivity contribution in [3.63, 3.8) is 0 Å². The molecule has 0 aliphatic carbocycles. The van der Waals surface area contributed by atoms with E-state index in [0.29, 0.717) is 11.7 Å². The van der Waals surface area contributed by atoms with Crippen LogP contribution in [0.2, 0.25) is 0 Å². The fourth-order valence-corrected chi connectivity index (χ4v) is 3.56. The van der Waals surface area contributed by atoms with E-state index in [1.807, 2.05) is 6.07 Å². The van der Waals surface area contributed by atoms with Crippen LogP contribution in [0.5, 0.6) is 0 Å². The lowest BCUT2D eigenvalue weighted by molar-refractivity contribution is 0.485. The molecule has 0 saturated carbocycles. The summed E-state index contributed by atoms with van der Waals surface area (Å²) < 4.78 is 25.4. The second-order valence-corrected chi connectivity index (χ2v) is 7.70. The van der Waals surface area contributed by atoms with Gasteiger partial charge >= 0.3 is 0 Å². The summed E-state index contributed by atoms with van der Waals surface area (Å²) in [5.74, 6) is 0. The van der Waals surface area contributed by atoms with Crippen LogP contribution in [0.4, 0.5) is 11.4 Å². The summed E-state index contributed by atoms with van der Waals surface area (Å²) in [6, 6.07) is 5.48. The first-order valence-corrected chi connectivity index (χ1v) is 8.36. The summed E-state index contributed by atoms with van der Waals surface area (Å²) in [6.45, 7) is 3.16. The fraction of sp³-hybridized carbons (Fsp3) is 0.571. The van der Waals surface area contributed by atoms with Crippen LogP contribution in [0.1, 0.15) is 26.2 Å². The Kier molecular flexibility index (Phi) is 4.25. The third kappa shape index (κ3) is 2.76. The molecule has 1 heterocycles. The van der Waals surface area contributed by atoms with Gasteiger partial charge in [-0.15, -0.1) is 0 Å². The first-order valence-electron chi connectivity index (χ1n) is 6.92. The number of nitrogens with zero attached hydrogens (tertiary/aromatic N) is 2. The molecule has 1 fully saturated rings. The second-order valence-electron chi connectivity index (χ2n) is 5.55. The molecule has 0 radical (unpaired) electrons. The zero-order valence-electron chi connectivity index (χ0n) is 12.3. The van der Waals surface area contributed by atoms with E-state index in [1.54, 1.807) is 12.1 Å². The normalized spacial score (nSPS) is 20.4. The molecular formula is C14H23N3O2S. The standard InChI is InChI=1S/C14H23N3O2S/c1-11-6-4-5-9-17(11)14-8-7-12(10-13(14)15)20(18,19)16(2)3/h7-8,10-11H,4-6,9,15H2,1-3H3. The average Bonchev–Trinajstić information content (AvgIpc) is 2.39. The summed E-state index contributed by atoms with van der Waals surface area (Å²) in [4.78, 5) is 2.51. The predicted octanol–water partition coefficient (Wildman–Crippen LogP) is 1.90. The Hall–Kier alpha value is -1.27. The van der Waals surface area contributed by atoms with Gasteiger partial charge in [-0.1, -0.05) is 0 Å². The van der Waals surface area contributed by atoms with E-state index in [0.717, 1.165) is 25.1 Å². The number of nitrogens with two attached hydrogens (primary N) is 1. The Labute approximate surface area is 121 Å². The molecule has 1 aromatic carbocycles. The largest absolute Gasteiger partial charge is 0.397 e. The maximum absolute atomic E-state index is 12.1. The van der Waals surface area contributed by atoms with Crippen LogP contribution in [-0.4, -0.2) is 39.4 Å². The zero-order chi connectivity index (χ0) is 14.9. The van der Waals surface area contributed by atoms with Crippen molar-refractivity contribution in [2.75, 3.05) is 31.3 Å². The molecule has 0 bridgehead atoms. The van der Waals surface area contributed by atoms with Gasteiger partial charge in [0.15, 0.2) is 0 Å². The van der Waals surface area contributed by atoms with Crippen molar-refractivity contribution in [1.82, 2.24) is 4.31 Å². The first kappa shape index (κ1) is 15.1. The van der Waals surface area contributed by atoms with E-state index in [-0.39, 0.29) is 4.90 Å². The maximum Gasteiger partial charge on any atom is 0.242 e. The highest BCUT2D eigenvalue weighted by molar-refractivity contribution is 7.89. The highest BCUT2D eigenvalue weighted by Crippen LogP contribution is 2.31. The highest BCUT2D eigenvalue weighted by atomic mass is 32.2. The molecule has 2 N–H and O–H groups in total. The number of piperidine rings is 1.